The van der Waals surface area contributed by atoms with Crippen molar-refractivity contribution in [2.45, 2.75) is 45.4 Å². The summed E-state index contributed by atoms with van der Waals surface area (Å²) in [6.07, 6.45) is 6.44. The molecule has 3 nitrogen and oxygen atoms in total. The summed E-state index contributed by atoms with van der Waals surface area (Å²) in [5.41, 5.74) is 0. The number of rotatable bonds is 5. The van der Waals surface area contributed by atoms with Crippen LogP contribution in [0.5, 0.6) is 0 Å². The fourth-order valence-electron chi connectivity index (χ4n) is 1.53. The average molecular weight is 167 g/mol. The number of nitrogens with zero attached hydrogens (tertiary/aromatic N) is 2. The van der Waals surface area contributed by atoms with Gasteiger partial charge in [0.2, 0.25) is 0 Å². The number of H-pyrrole nitrogens is 1. The van der Waals surface area contributed by atoms with Crippen molar-refractivity contribution in [1.82, 2.24) is 15.2 Å². The van der Waals surface area contributed by atoms with Crippen molar-refractivity contribution in [3.63, 3.8) is 0 Å². The molecule has 0 atom stereocenters. The summed E-state index contributed by atoms with van der Waals surface area (Å²) in [5.74, 6) is 1.64. The lowest BCUT2D eigenvalue weighted by Crippen LogP contribution is -2.00. The molecular formula is C9H17N3. The first-order valence-electron chi connectivity index (χ1n) is 4.73. The van der Waals surface area contributed by atoms with Crippen LogP contribution in [0.2, 0.25) is 0 Å². The van der Waals surface area contributed by atoms with E-state index in [0.717, 1.165) is 5.82 Å². The third-order valence-corrected chi connectivity index (χ3v) is 2.09. The van der Waals surface area contributed by atoms with Crippen LogP contribution in [0.15, 0.2) is 6.33 Å². The molecule has 0 aliphatic heterocycles. The molecule has 0 radical (unpaired) electrons. The molecule has 1 aromatic heterocycles. The molecule has 0 spiro atoms. The molecule has 0 aromatic carbocycles. The van der Waals surface area contributed by atoms with Crippen LogP contribution < -0.4 is 0 Å². The van der Waals surface area contributed by atoms with E-state index in [1.54, 1.807) is 6.33 Å². The van der Waals surface area contributed by atoms with Crippen LogP contribution in [0.4, 0.5) is 0 Å². The van der Waals surface area contributed by atoms with Crippen LogP contribution >= 0.6 is 0 Å². The SMILES string of the molecule is CCCC(CCC)c1ncn[nH]1. The van der Waals surface area contributed by atoms with Gasteiger partial charge in [0.05, 0.1) is 0 Å². The first kappa shape index (κ1) is 9.23. The predicted molar refractivity (Wildman–Crippen MR) is 48.9 cm³/mol. The van der Waals surface area contributed by atoms with Crippen LogP contribution in [-0.2, 0) is 0 Å². The van der Waals surface area contributed by atoms with Gasteiger partial charge in [0.1, 0.15) is 12.2 Å². The van der Waals surface area contributed by atoms with E-state index < -0.39 is 0 Å². The Morgan fingerprint density at radius 3 is 2.42 bits per heavy atom. The minimum absolute atomic E-state index is 0.586. The van der Waals surface area contributed by atoms with E-state index >= 15 is 0 Å². The van der Waals surface area contributed by atoms with E-state index in [2.05, 4.69) is 29.0 Å². The molecule has 0 unspecified atom stereocenters. The lowest BCUT2D eigenvalue weighted by Gasteiger charge is -2.10. The normalized spacial score (nSPS) is 10.9. The van der Waals surface area contributed by atoms with E-state index in [4.69, 9.17) is 0 Å². The molecule has 0 bridgehead atoms. The van der Waals surface area contributed by atoms with Gasteiger partial charge in [-0.15, -0.1) is 0 Å². The lowest BCUT2D eigenvalue weighted by atomic mass is 9.98. The third-order valence-electron chi connectivity index (χ3n) is 2.09. The Labute approximate surface area is 73.6 Å². The minimum atomic E-state index is 0.586. The zero-order valence-electron chi connectivity index (χ0n) is 7.88. The Hall–Kier alpha value is -0.860. The molecule has 1 N–H and O–H groups in total. The van der Waals surface area contributed by atoms with Crippen LogP contribution in [0, 0.1) is 0 Å². The van der Waals surface area contributed by atoms with Gasteiger partial charge in [0.15, 0.2) is 0 Å². The van der Waals surface area contributed by atoms with E-state index in [1.165, 1.54) is 25.7 Å². The van der Waals surface area contributed by atoms with E-state index in [-0.39, 0.29) is 0 Å². The van der Waals surface area contributed by atoms with Crippen molar-refractivity contribution in [1.29, 1.82) is 0 Å². The van der Waals surface area contributed by atoms with Gasteiger partial charge in [-0.25, -0.2) is 4.98 Å². The number of hydrogen-bond acceptors (Lipinski definition) is 2. The summed E-state index contributed by atoms with van der Waals surface area (Å²) in [7, 11) is 0. The van der Waals surface area contributed by atoms with Gasteiger partial charge in [-0.3, -0.25) is 5.10 Å². The van der Waals surface area contributed by atoms with Crippen molar-refractivity contribution >= 4 is 0 Å². The van der Waals surface area contributed by atoms with E-state index in [9.17, 15) is 0 Å². The Kier molecular flexibility index (Phi) is 3.77. The molecule has 0 saturated heterocycles. The Morgan fingerprint density at radius 2 is 2.00 bits per heavy atom. The molecule has 0 aliphatic carbocycles. The van der Waals surface area contributed by atoms with Crippen LogP contribution in [0.1, 0.15) is 51.3 Å². The van der Waals surface area contributed by atoms with Gasteiger partial charge in [0, 0.05) is 5.92 Å². The predicted octanol–water partition coefficient (Wildman–Crippen LogP) is 2.49. The summed E-state index contributed by atoms with van der Waals surface area (Å²) in [4.78, 5) is 4.19. The van der Waals surface area contributed by atoms with Gasteiger partial charge in [-0.2, -0.15) is 5.10 Å². The number of nitrogens with one attached hydrogen (secondary N) is 1. The maximum Gasteiger partial charge on any atom is 0.137 e. The topological polar surface area (TPSA) is 41.6 Å². The molecule has 1 heterocycles. The van der Waals surface area contributed by atoms with E-state index in [0.29, 0.717) is 5.92 Å². The highest BCUT2D eigenvalue weighted by molar-refractivity contribution is 4.92. The van der Waals surface area contributed by atoms with Gasteiger partial charge in [0.25, 0.3) is 0 Å². The van der Waals surface area contributed by atoms with Crippen LogP contribution in [-0.4, -0.2) is 15.2 Å². The average Bonchev–Trinajstić information content (AvgIpc) is 2.56. The third kappa shape index (κ3) is 2.32. The molecule has 0 aliphatic rings. The van der Waals surface area contributed by atoms with Crippen molar-refractivity contribution in [2.24, 2.45) is 0 Å². The standard InChI is InChI=1S/C9H17N3/c1-3-5-8(6-4-2)9-10-7-11-12-9/h7-8H,3-6H2,1-2H3,(H,10,11,12). The molecule has 1 aromatic rings. The molecule has 3 heteroatoms. The first-order valence-corrected chi connectivity index (χ1v) is 4.73. The molecule has 1 rings (SSSR count). The summed E-state index contributed by atoms with van der Waals surface area (Å²) in [5, 5.41) is 6.82. The van der Waals surface area contributed by atoms with Crippen molar-refractivity contribution in [3.05, 3.63) is 12.2 Å². The smallest absolute Gasteiger partial charge is 0.137 e. The highest BCUT2D eigenvalue weighted by Crippen LogP contribution is 2.22. The zero-order chi connectivity index (χ0) is 8.81. The van der Waals surface area contributed by atoms with Gasteiger partial charge < -0.3 is 0 Å². The largest absolute Gasteiger partial charge is 0.263 e. The summed E-state index contributed by atoms with van der Waals surface area (Å²) >= 11 is 0. The molecule has 0 fully saturated rings. The zero-order valence-corrected chi connectivity index (χ0v) is 7.88. The fraction of sp³-hybridized carbons (Fsp3) is 0.778. The van der Waals surface area contributed by atoms with Crippen molar-refractivity contribution < 1.29 is 0 Å². The number of aromatic amines is 1. The quantitative estimate of drug-likeness (QED) is 0.732. The van der Waals surface area contributed by atoms with Crippen LogP contribution in [0.25, 0.3) is 0 Å². The van der Waals surface area contributed by atoms with Crippen molar-refractivity contribution in [3.8, 4) is 0 Å². The Bertz CT molecular complexity index is 188. The molecule has 0 saturated carbocycles. The highest BCUT2D eigenvalue weighted by atomic mass is 15.2. The molecule has 68 valence electrons. The fourth-order valence-corrected chi connectivity index (χ4v) is 1.53. The van der Waals surface area contributed by atoms with Gasteiger partial charge >= 0.3 is 0 Å². The Balaban J connectivity index is 2.53. The number of aromatic nitrogens is 3. The van der Waals surface area contributed by atoms with Gasteiger partial charge in [-0.1, -0.05) is 26.7 Å². The molecule has 0 amide bonds. The second-order valence-corrected chi connectivity index (χ2v) is 3.14. The summed E-state index contributed by atoms with van der Waals surface area (Å²) in [6.45, 7) is 4.41. The molecule has 12 heavy (non-hydrogen) atoms. The Morgan fingerprint density at radius 1 is 1.33 bits per heavy atom. The van der Waals surface area contributed by atoms with Crippen molar-refractivity contribution in [2.75, 3.05) is 0 Å². The maximum absolute atomic E-state index is 4.19. The first-order chi connectivity index (χ1) is 5.88. The number of hydrogen-bond donors (Lipinski definition) is 1. The second-order valence-electron chi connectivity index (χ2n) is 3.14. The monoisotopic (exact) mass is 167 g/mol. The van der Waals surface area contributed by atoms with Gasteiger partial charge in [-0.05, 0) is 12.8 Å². The maximum atomic E-state index is 4.19. The minimum Gasteiger partial charge on any atom is -0.263 e. The van der Waals surface area contributed by atoms with E-state index in [1.807, 2.05) is 0 Å². The molecular weight excluding hydrogens is 150 g/mol. The summed E-state index contributed by atoms with van der Waals surface area (Å²) < 4.78 is 0. The van der Waals surface area contributed by atoms with Crippen LogP contribution in [0.3, 0.4) is 0 Å². The lowest BCUT2D eigenvalue weighted by molar-refractivity contribution is 0.535. The second kappa shape index (κ2) is 4.91. The summed E-state index contributed by atoms with van der Waals surface area (Å²) in [6, 6.07) is 0. The highest BCUT2D eigenvalue weighted by Gasteiger charge is 2.11.